The number of hydrogen-bond donors (Lipinski definition) is 1. The first-order chi connectivity index (χ1) is 14.8. The second-order valence-corrected chi connectivity index (χ2v) is 11.4. The minimum absolute atomic E-state index is 0.589. The van der Waals surface area contributed by atoms with Crippen LogP contribution in [0.3, 0.4) is 0 Å². The maximum atomic E-state index is 11.6. The summed E-state index contributed by atoms with van der Waals surface area (Å²) in [5.74, 6) is 0.968. The summed E-state index contributed by atoms with van der Waals surface area (Å²) < 4.78 is 27.9. The first-order valence-electron chi connectivity index (χ1n) is 10.1. The van der Waals surface area contributed by atoms with Gasteiger partial charge in [0.05, 0.1) is 6.26 Å². The van der Waals surface area contributed by atoms with E-state index in [4.69, 9.17) is 0 Å². The number of benzene rings is 1. The highest BCUT2D eigenvalue weighted by atomic mass is 32.2. The van der Waals surface area contributed by atoms with E-state index in [9.17, 15) is 8.42 Å². The third-order valence-corrected chi connectivity index (χ3v) is 7.83. The zero-order valence-corrected chi connectivity index (χ0v) is 20.4. The van der Waals surface area contributed by atoms with Crippen molar-refractivity contribution >= 4 is 38.4 Å². The van der Waals surface area contributed by atoms with Crippen molar-refractivity contribution in [2.75, 3.05) is 11.0 Å². The minimum Gasteiger partial charge on any atom is -0.295 e. The number of imidazole rings is 1. The topological polar surface area (TPSA) is 64.0 Å². The Kier molecular flexibility index (Phi) is 6.05. The molecular formula is C23H25N3O2S3. The molecule has 4 rings (SSSR count). The lowest BCUT2D eigenvalue weighted by atomic mass is 9.95. The third-order valence-electron chi connectivity index (χ3n) is 5.06. The molecule has 0 radical (unpaired) electrons. The molecule has 0 bridgehead atoms. The van der Waals surface area contributed by atoms with Gasteiger partial charge in [-0.1, -0.05) is 19.4 Å². The number of thiophene rings is 2. The Morgan fingerprint density at radius 3 is 2.58 bits per heavy atom. The number of aromatic nitrogens is 2. The first kappa shape index (κ1) is 21.8. The monoisotopic (exact) mass is 471 g/mol. The molecule has 0 unspecified atom stereocenters. The van der Waals surface area contributed by atoms with Crippen LogP contribution in [-0.4, -0.2) is 24.2 Å². The molecule has 3 aromatic heterocycles. The van der Waals surface area contributed by atoms with Crippen molar-refractivity contribution in [1.82, 2.24) is 9.55 Å². The van der Waals surface area contributed by atoms with Crippen molar-refractivity contribution in [2.24, 2.45) is 0 Å². The molecule has 0 aliphatic heterocycles. The third kappa shape index (κ3) is 4.61. The van der Waals surface area contributed by atoms with Crippen molar-refractivity contribution in [3.63, 3.8) is 0 Å². The Hall–Kier alpha value is -2.42. The molecule has 31 heavy (non-hydrogen) atoms. The van der Waals surface area contributed by atoms with Crippen molar-refractivity contribution in [1.29, 1.82) is 0 Å². The molecule has 0 saturated carbocycles. The standard InChI is InChI=1S/C23H25N3O2S3/c1-5-6-21-23(18-8-7-17(13-15(18)2)25-31(4,27)28)19(14-29-21)20-9-10-22(30-20)26-12-11-24-16(26)3/h7-14,25H,5-6H2,1-4H3. The Bertz CT molecular complexity index is 1330. The van der Waals surface area contributed by atoms with Gasteiger partial charge in [-0.2, -0.15) is 0 Å². The van der Waals surface area contributed by atoms with E-state index in [1.54, 1.807) is 22.7 Å². The number of nitrogens with zero attached hydrogens (tertiary/aromatic N) is 2. The summed E-state index contributed by atoms with van der Waals surface area (Å²) in [4.78, 5) is 6.91. The molecular weight excluding hydrogens is 446 g/mol. The van der Waals surface area contributed by atoms with E-state index < -0.39 is 10.0 Å². The maximum absolute atomic E-state index is 11.6. The summed E-state index contributed by atoms with van der Waals surface area (Å²) in [5, 5.41) is 3.39. The van der Waals surface area contributed by atoms with Crippen molar-refractivity contribution < 1.29 is 8.42 Å². The van der Waals surface area contributed by atoms with Crippen LogP contribution in [0.2, 0.25) is 0 Å². The van der Waals surface area contributed by atoms with Gasteiger partial charge in [0, 0.05) is 44.3 Å². The molecule has 3 heterocycles. The van der Waals surface area contributed by atoms with Gasteiger partial charge in [-0.15, -0.1) is 22.7 Å². The van der Waals surface area contributed by atoms with Crippen LogP contribution in [0, 0.1) is 13.8 Å². The minimum atomic E-state index is -3.30. The zero-order chi connectivity index (χ0) is 22.2. The summed E-state index contributed by atoms with van der Waals surface area (Å²) in [5.41, 5.74) is 5.27. The average Bonchev–Trinajstić information content (AvgIpc) is 3.40. The van der Waals surface area contributed by atoms with Gasteiger partial charge in [0.2, 0.25) is 10.0 Å². The molecule has 4 aromatic rings. The highest BCUT2D eigenvalue weighted by Crippen LogP contribution is 2.44. The molecule has 0 amide bonds. The molecule has 5 nitrogen and oxygen atoms in total. The molecule has 8 heteroatoms. The SMILES string of the molecule is CCCc1scc(-c2ccc(-n3ccnc3C)s2)c1-c1ccc(NS(C)(=O)=O)cc1C. The van der Waals surface area contributed by atoms with Gasteiger partial charge in [-0.3, -0.25) is 9.29 Å². The van der Waals surface area contributed by atoms with Crippen LogP contribution in [0.1, 0.15) is 29.6 Å². The van der Waals surface area contributed by atoms with Gasteiger partial charge >= 0.3 is 0 Å². The second-order valence-electron chi connectivity index (χ2n) is 7.58. The smallest absolute Gasteiger partial charge is 0.229 e. The number of anilines is 1. The number of rotatable bonds is 7. The molecule has 0 spiro atoms. The summed E-state index contributed by atoms with van der Waals surface area (Å²) in [6.07, 6.45) is 7.06. The van der Waals surface area contributed by atoms with Crippen molar-refractivity contribution in [3.8, 4) is 26.6 Å². The van der Waals surface area contributed by atoms with Crippen LogP contribution in [0.5, 0.6) is 0 Å². The Morgan fingerprint density at radius 2 is 1.94 bits per heavy atom. The zero-order valence-electron chi connectivity index (χ0n) is 18.0. The predicted octanol–water partition coefficient (Wildman–Crippen LogP) is 6.27. The van der Waals surface area contributed by atoms with Crippen molar-refractivity contribution in [2.45, 2.75) is 33.6 Å². The van der Waals surface area contributed by atoms with Crippen LogP contribution >= 0.6 is 22.7 Å². The van der Waals surface area contributed by atoms with Gasteiger partial charge in [0.1, 0.15) is 10.8 Å². The fourth-order valence-electron chi connectivity index (χ4n) is 3.72. The lowest BCUT2D eigenvalue weighted by Gasteiger charge is -2.13. The van der Waals surface area contributed by atoms with E-state index in [1.165, 1.54) is 27.1 Å². The van der Waals surface area contributed by atoms with E-state index in [0.717, 1.165) is 34.8 Å². The van der Waals surface area contributed by atoms with E-state index >= 15 is 0 Å². The molecule has 1 aromatic carbocycles. The Labute approximate surface area is 191 Å². The lowest BCUT2D eigenvalue weighted by Crippen LogP contribution is -2.09. The number of hydrogen-bond acceptors (Lipinski definition) is 5. The number of nitrogens with one attached hydrogen (secondary N) is 1. The number of aryl methyl sites for hydroxylation is 3. The van der Waals surface area contributed by atoms with E-state index in [2.05, 4.69) is 38.7 Å². The highest BCUT2D eigenvalue weighted by Gasteiger charge is 2.19. The van der Waals surface area contributed by atoms with Gasteiger partial charge in [-0.25, -0.2) is 13.4 Å². The van der Waals surface area contributed by atoms with E-state index in [0.29, 0.717) is 5.69 Å². The van der Waals surface area contributed by atoms with Gasteiger partial charge < -0.3 is 0 Å². The largest absolute Gasteiger partial charge is 0.295 e. The predicted molar refractivity (Wildman–Crippen MR) is 132 cm³/mol. The maximum Gasteiger partial charge on any atom is 0.229 e. The first-order valence-corrected chi connectivity index (χ1v) is 13.6. The normalized spacial score (nSPS) is 11.7. The summed E-state index contributed by atoms with van der Waals surface area (Å²) in [7, 11) is -3.30. The van der Waals surface area contributed by atoms with Crippen molar-refractivity contribution in [3.05, 3.63) is 64.4 Å². The summed E-state index contributed by atoms with van der Waals surface area (Å²) >= 11 is 3.55. The molecule has 0 aliphatic rings. The molecule has 1 N–H and O–H groups in total. The fourth-order valence-corrected chi connectivity index (χ4v) is 6.57. The lowest BCUT2D eigenvalue weighted by molar-refractivity contribution is 0.607. The summed E-state index contributed by atoms with van der Waals surface area (Å²) in [6.45, 7) is 6.24. The van der Waals surface area contributed by atoms with E-state index in [1.807, 2.05) is 44.4 Å². The van der Waals surface area contributed by atoms with Crippen LogP contribution < -0.4 is 4.72 Å². The van der Waals surface area contributed by atoms with Crippen LogP contribution in [0.25, 0.3) is 26.6 Å². The van der Waals surface area contributed by atoms with Gasteiger partial charge in [0.25, 0.3) is 0 Å². The van der Waals surface area contributed by atoms with Crippen LogP contribution in [0.15, 0.2) is 48.1 Å². The average molecular weight is 472 g/mol. The summed E-state index contributed by atoms with van der Waals surface area (Å²) in [6, 6.07) is 10.1. The molecule has 162 valence electrons. The van der Waals surface area contributed by atoms with Gasteiger partial charge in [0.15, 0.2) is 0 Å². The van der Waals surface area contributed by atoms with Crippen LogP contribution in [0.4, 0.5) is 5.69 Å². The second kappa shape index (κ2) is 8.61. The van der Waals surface area contributed by atoms with E-state index in [-0.39, 0.29) is 0 Å². The Balaban J connectivity index is 1.80. The molecule has 0 fully saturated rings. The molecule has 0 saturated heterocycles. The number of sulfonamides is 1. The Morgan fingerprint density at radius 1 is 1.13 bits per heavy atom. The van der Waals surface area contributed by atoms with Crippen LogP contribution in [-0.2, 0) is 16.4 Å². The molecule has 0 aliphatic carbocycles. The molecule has 0 atom stereocenters. The van der Waals surface area contributed by atoms with Gasteiger partial charge in [-0.05, 0) is 55.7 Å². The fraction of sp³-hybridized carbons (Fsp3) is 0.261. The highest BCUT2D eigenvalue weighted by molar-refractivity contribution is 7.92. The quantitative estimate of drug-likeness (QED) is 0.345.